The number of nitrogens with two attached hydrogens (primary N) is 1. The fourth-order valence-electron chi connectivity index (χ4n) is 3.21. The van der Waals surface area contributed by atoms with E-state index in [1.54, 1.807) is 41.3 Å². The summed E-state index contributed by atoms with van der Waals surface area (Å²) in [6.45, 7) is 1.81. The van der Waals surface area contributed by atoms with Gasteiger partial charge in [-0.25, -0.2) is 8.78 Å². The molecule has 27 heavy (non-hydrogen) atoms. The van der Waals surface area contributed by atoms with Crippen molar-refractivity contribution in [2.45, 2.75) is 13.5 Å². The van der Waals surface area contributed by atoms with Crippen molar-refractivity contribution in [3.63, 3.8) is 0 Å². The van der Waals surface area contributed by atoms with Gasteiger partial charge in [0.15, 0.2) is 5.82 Å². The summed E-state index contributed by atoms with van der Waals surface area (Å²) in [7, 11) is 0. The summed E-state index contributed by atoms with van der Waals surface area (Å²) in [4.78, 5) is 14.3. The third-order valence-corrected chi connectivity index (χ3v) is 4.69. The van der Waals surface area contributed by atoms with Crippen LogP contribution in [0.25, 0.3) is 0 Å². The van der Waals surface area contributed by atoms with E-state index in [2.05, 4.69) is 5.32 Å². The van der Waals surface area contributed by atoms with Gasteiger partial charge in [-0.3, -0.25) is 4.79 Å². The number of benzene rings is 3. The van der Waals surface area contributed by atoms with Crippen molar-refractivity contribution in [1.29, 1.82) is 0 Å². The van der Waals surface area contributed by atoms with Crippen molar-refractivity contribution >= 4 is 28.7 Å². The van der Waals surface area contributed by atoms with Gasteiger partial charge in [-0.05, 0) is 61.0 Å². The van der Waals surface area contributed by atoms with Gasteiger partial charge in [-0.1, -0.05) is 6.07 Å². The third-order valence-electron chi connectivity index (χ3n) is 4.69. The zero-order valence-corrected chi connectivity index (χ0v) is 14.6. The quantitative estimate of drug-likeness (QED) is 0.658. The highest BCUT2D eigenvalue weighted by atomic mass is 19.1. The van der Waals surface area contributed by atoms with E-state index >= 15 is 0 Å². The minimum absolute atomic E-state index is 0.0427. The Morgan fingerprint density at radius 3 is 2.70 bits per heavy atom. The highest BCUT2D eigenvalue weighted by Crippen LogP contribution is 2.32. The SMILES string of the molecule is Cc1c(F)ccc(Nc2cccc(N3Cc4cc(N)ccc4C3=O)c2)c1F. The normalized spacial score (nSPS) is 13.0. The van der Waals surface area contributed by atoms with Crippen LogP contribution < -0.4 is 16.0 Å². The van der Waals surface area contributed by atoms with E-state index in [0.29, 0.717) is 29.2 Å². The van der Waals surface area contributed by atoms with Gasteiger partial charge in [-0.2, -0.15) is 0 Å². The van der Waals surface area contributed by atoms with Crippen molar-refractivity contribution in [1.82, 2.24) is 0 Å². The Morgan fingerprint density at radius 1 is 1.07 bits per heavy atom. The number of halogens is 2. The lowest BCUT2D eigenvalue weighted by molar-refractivity contribution is 0.0996. The van der Waals surface area contributed by atoms with E-state index in [1.807, 2.05) is 6.07 Å². The lowest BCUT2D eigenvalue weighted by atomic mass is 10.1. The summed E-state index contributed by atoms with van der Waals surface area (Å²) in [5.74, 6) is -1.34. The Bertz CT molecular complexity index is 1070. The van der Waals surface area contributed by atoms with E-state index in [1.165, 1.54) is 19.1 Å². The first-order valence-corrected chi connectivity index (χ1v) is 8.46. The Labute approximate surface area is 155 Å². The molecule has 0 saturated carbocycles. The van der Waals surface area contributed by atoms with Crippen molar-refractivity contribution in [2.75, 3.05) is 16.0 Å². The molecule has 0 bridgehead atoms. The number of carbonyl (C=O) groups is 1. The summed E-state index contributed by atoms with van der Waals surface area (Å²) >= 11 is 0. The van der Waals surface area contributed by atoms with Crippen molar-refractivity contribution in [3.8, 4) is 0 Å². The Balaban J connectivity index is 1.63. The highest BCUT2D eigenvalue weighted by Gasteiger charge is 2.28. The monoisotopic (exact) mass is 365 g/mol. The van der Waals surface area contributed by atoms with Crippen LogP contribution in [0, 0.1) is 18.6 Å². The Hall–Kier alpha value is -3.41. The largest absolute Gasteiger partial charge is 0.399 e. The molecule has 1 aliphatic rings. The molecule has 0 fully saturated rings. The Kier molecular flexibility index (Phi) is 4.03. The second kappa shape index (κ2) is 6.39. The van der Waals surface area contributed by atoms with Gasteiger partial charge < -0.3 is 16.0 Å². The molecular formula is C21H17F2N3O. The molecule has 1 aliphatic heterocycles. The number of nitrogen functional groups attached to an aromatic ring is 1. The van der Waals surface area contributed by atoms with Crippen LogP contribution in [0.3, 0.4) is 0 Å². The average molecular weight is 365 g/mol. The van der Waals surface area contributed by atoms with Gasteiger partial charge in [0.2, 0.25) is 0 Å². The predicted molar refractivity (Wildman–Crippen MR) is 102 cm³/mol. The van der Waals surface area contributed by atoms with Gasteiger partial charge >= 0.3 is 0 Å². The van der Waals surface area contributed by atoms with Crippen LogP contribution in [0.15, 0.2) is 54.6 Å². The lowest BCUT2D eigenvalue weighted by Crippen LogP contribution is -2.22. The molecule has 4 nitrogen and oxygen atoms in total. The summed E-state index contributed by atoms with van der Waals surface area (Å²) in [5, 5.41) is 2.95. The smallest absolute Gasteiger partial charge is 0.258 e. The Morgan fingerprint density at radius 2 is 1.89 bits per heavy atom. The number of amides is 1. The summed E-state index contributed by atoms with van der Waals surface area (Å²) in [6, 6.07) is 14.9. The first-order chi connectivity index (χ1) is 12.9. The van der Waals surface area contributed by atoms with Crippen molar-refractivity contribution in [3.05, 3.63) is 82.9 Å². The minimum atomic E-state index is -0.638. The number of hydrogen-bond acceptors (Lipinski definition) is 3. The molecule has 3 aromatic rings. The number of hydrogen-bond donors (Lipinski definition) is 2. The van der Waals surface area contributed by atoms with Crippen molar-refractivity contribution < 1.29 is 13.6 Å². The molecule has 1 amide bonds. The van der Waals surface area contributed by atoms with E-state index in [4.69, 9.17) is 5.73 Å². The lowest BCUT2D eigenvalue weighted by Gasteiger charge is -2.17. The highest BCUT2D eigenvalue weighted by molar-refractivity contribution is 6.10. The second-order valence-corrected chi connectivity index (χ2v) is 6.52. The molecule has 6 heteroatoms. The van der Waals surface area contributed by atoms with Gasteiger partial charge in [0.05, 0.1) is 12.2 Å². The predicted octanol–water partition coefficient (Wildman–Crippen LogP) is 4.76. The first kappa shape index (κ1) is 17.0. The summed E-state index contributed by atoms with van der Waals surface area (Å²) < 4.78 is 27.7. The zero-order valence-electron chi connectivity index (χ0n) is 14.6. The minimum Gasteiger partial charge on any atom is -0.399 e. The number of nitrogens with one attached hydrogen (secondary N) is 1. The molecule has 1 heterocycles. The standard InChI is InChI=1S/C21H17F2N3O/c1-12-18(22)7-8-19(20(12)23)25-15-3-2-4-16(10-15)26-11-13-9-14(24)5-6-17(13)21(26)27/h2-10,25H,11,24H2,1H3. The molecule has 3 N–H and O–H groups in total. The topological polar surface area (TPSA) is 58.4 Å². The van der Waals surface area contributed by atoms with E-state index in [0.717, 1.165) is 5.56 Å². The van der Waals surface area contributed by atoms with Crippen LogP contribution >= 0.6 is 0 Å². The van der Waals surface area contributed by atoms with E-state index in [-0.39, 0.29) is 17.2 Å². The molecule has 0 radical (unpaired) electrons. The maximum Gasteiger partial charge on any atom is 0.258 e. The zero-order chi connectivity index (χ0) is 19.1. The molecule has 0 spiro atoms. The van der Waals surface area contributed by atoms with Gasteiger partial charge in [-0.15, -0.1) is 0 Å². The first-order valence-electron chi connectivity index (χ1n) is 8.46. The molecule has 136 valence electrons. The van der Waals surface area contributed by atoms with Crippen LogP contribution in [0.1, 0.15) is 21.5 Å². The third kappa shape index (κ3) is 2.99. The molecule has 0 atom stereocenters. The van der Waals surface area contributed by atoms with Gasteiger partial charge in [0, 0.05) is 28.2 Å². The fraction of sp³-hybridized carbons (Fsp3) is 0.0952. The molecule has 4 rings (SSSR count). The van der Waals surface area contributed by atoms with Crippen LogP contribution in [0.5, 0.6) is 0 Å². The molecule has 3 aromatic carbocycles. The summed E-state index contributed by atoms with van der Waals surface area (Å²) in [5.41, 5.74) is 9.33. The maximum atomic E-state index is 14.2. The summed E-state index contributed by atoms with van der Waals surface area (Å²) in [6.07, 6.45) is 0. The number of nitrogens with zero attached hydrogens (tertiary/aromatic N) is 1. The molecule has 0 unspecified atom stereocenters. The van der Waals surface area contributed by atoms with Crippen LogP contribution in [-0.2, 0) is 6.54 Å². The number of anilines is 4. The van der Waals surface area contributed by atoms with E-state index in [9.17, 15) is 13.6 Å². The van der Waals surface area contributed by atoms with Crippen LogP contribution in [0.2, 0.25) is 0 Å². The van der Waals surface area contributed by atoms with Crippen LogP contribution in [-0.4, -0.2) is 5.91 Å². The van der Waals surface area contributed by atoms with Crippen LogP contribution in [0.4, 0.5) is 31.5 Å². The molecular weight excluding hydrogens is 348 g/mol. The number of fused-ring (bicyclic) bond motifs is 1. The number of rotatable bonds is 3. The number of carbonyl (C=O) groups excluding carboxylic acids is 1. The average Bonchev–Trinajstić information content (AvgIpc) is 2.98. The maximum absolute atomic E-state index is 14.2. The fourth-order valence-corrected chi connectivity index (χ4v) is 3.21. The molecule has 0 aliphatic carbocycles. The van der Waals surface area contributed by atoms with Crippen molar-refractivity contribution in [2.24, 2.45) is 0 Å². The molecule has 0 saturated heterocycles. The van der Waals surface area contributed by atoms with E-state index < -0.39 is 11.6 Å². The van der Waals surface area contributed by atoms with Gasteiger partial charge in [0.25, 0.3) is 5.91 Å². The van der Waals surface area contributed by atoms with Gasteiger partial charge in [0.1, 0.15) is 5.82 Å². The molecule has 0 aromatic heterocycles. The second-order valence-electron chi connectivity index (χ2n) is 6.52.